The van der Waals surface area contributed by atoms with Crippen LogP contribution in [0, 0.1) is 12.8 Å². The molecule has 1 fully saturated rings. The van der Waals surface area contributed by atoms with Crippen molar-refractivity contribution in [1.82, 2.24) is 15.0 Å². The predicted molar refractivity (Wildman–Crippen MR) is 104 cm³/mol. The molecule has 5 heteroatoms. The van der Waals surface area contributed by atoms with Crippen molar-refractivity contribution in [1.29, 1.82) is 0 Å². The van der Waals surface area contributed by atoms with Gasteiger partial charge in [0.2, 0.25) is 0 Å². The van der Waals surface area contributed by atoms with Gasteiger partial charge in [0.05, 0.1) is 13.2 Å². The minimum Gasteiger partial charge on any atom is -0.493 e. The summed E-state index contributed by atoms with van der Waals surface area (Å²) in [4.78, 5) is 6.48. The molecule has 1 aromatic carbocycles. The first-order chi connectivity index (χ1) is 13.3. The average Bonchev–Trinajstić information content (AvgIpc) is 3.17. The highest BCUT2D eigenvalue weighted by Crippen LogP contribution is 2.23. The third-order valence-electron chi connectivity index (χ3n) is 5.02. The van der Waals surface area contributed by atoms with E-state index in [4.69, 9.17) is 9.26 Å². The molecule has 0 N–H and O–H groups in total. The average molecular weight is 363 g/mol. The number of hydrogen-bond acceptors (Lipinski definition) is 5. The Bertz CT molecular complexity index is 846. The van der Waals surface area contributed by atoms with Gasteiger partial charge in [-0.2, -0.15) is 0 Å². The van der Waals surface area contributed by atoms with E-state index in [1.807, 2.05) is 30.3 Å². The third-order valence-corrected chi connectivity index (χ3v) is 5.02. The number of piperidine rings is 1. The van der Waals surface area contributed by atoms with Crippen molar-refractivity contribution in [2.24, 2.45) is 5.92 Å². The summed E-state index contributed by atoms with van der Waals surface area (Å²) in [6.07, 6.45) is 5.94. The largest absolute Gasteiger partial charge is 0.493 e. The molecule has 0 unspecified atom stereocenters. The lowest BCUT2D eigenvalue weighted by Crippen LogP contribution is -2.37. The Morgan fingerprint density at radius 3 is 2.78 bits per heavy atom. The standard InChI is InChI=1S/C22H25N3O2/c1-17-4-6-20(7-5-17)26-16-18-3-2-12-25(14-18)15-21-13-22(24-27-21)19-8-10-23-11-9-19/h4-11,13,18H,2-3,12,14-16H2,1H3/t18-/m0/s1. The molecule has 140 valence electrons. The number of ether oxygens (including phenoxy) is 1. The smallest absolute Gasteiger partial charge is 0.151 e. The Balaban J connectivity index is 1.31. The van der Waals surface area contributed by atoms with Gasteiger partial charge in [0, 0.05) is 36.5 Å². The van der Waals surface area contributed by atoms with Gasteiger partial charge in [-0.05, 0) is 50.6 Å². The van der Waals surface area contributed by atoms with Gasteiger partial charge in [0.15, 0.2) is 5.76 Å². The van der Waals surface area contributed by atoms with Crippen LogP contribution < -0.4 is 4.74 Å². The summed E-state index contributed by atoms with van der Waals surface area (Å²) in [6, 6.07) is 14.2. The summed E-state index contributed by atoms with van der Waals surface area (Å²) in [5, 5.41) is 4.20. The van der Waals surface area contributed by atoms with Crippen LogP contribution >= 0.6 is 0 Å². The van der Waals surface area contributed by atoms with E-state index in [1.54, 1.807) is 12.4 Å². The van der Waals surface area contributed by atoms with Gasteiger partial charge < -0.3 is 9.26 Å². The molecule has 0 bridgehead atoms. The van der Waals surface area contributed by atoms with Crippen molar-refractivity contribution in [2.75, 3.05) is 19.7 Å². The van der Waals surface area contributed by atoms with Crippen molar-refractivity contribution in [2.45, 2.75) is 26.3 Å². The van der Waals surface area contributed by atoms with E-state index in [0.29, 0.717) is 5.92 Å². The van der Waals surface area contributed by atoms with E-state index < -0.39 is 0 Å². The van der Waals surface area contributed by atoms with Crippen LogP contribution in [0.5, 0.6) is 5.75 Å². The number of hydrogen-bond donors (Lipinski definition) is 0. The molecule has 5 nitrogen and oxygen atoms in total. The van der Waals surface area contributed by atoms with Crippen LogP contribution in [-0.4, -0.2) is 34.7 Å². The summed E-state index contributed by atoms with van der Waals surface area (Å²) < 4.78 is 11.5. The first-order valence-electron chi connectivity index (χ1n) is 9.54. The lowest BCUT2D eigenvalue weighted by atomic mass is 9.99. The monoisotopic (exact) mass is 363 g/mol. The fraction of sp³-hybridized carbons (Fsp3) is 0.364. The zero-order valence-corrected chi connectivity index (χ0v) is 15.7. The van der Waals surface area contributed by atoms with Gasteiger partial charge in [0.25, 0.3) is 0 Å². The topological polar surface area (TPSA) is 51.4 Å². The first-order valence-corrected chi connectivity index (χ1v) is 9.54. The second kappa shape index (κ2) is 8.35. The normalized spacial score (nSPS) is 17.7. The molecule has 0 radical (unpaired) electrons. The van der Waals surface area contributed by atoms with Crippen molar-refractivity contribution in [3.8, 4) is 17.0 Å². The molecule has 27 heavy (non-hydrogen) atoms. The number of aromatic nitrogens is 2. The van der Waals surface area contributed by atoms with E-state index in [2.05, 4.69) is 34.1 Å². The quantitative estimate of drug-likeness (QED) is 0.652. The van der Waals surface area contributed by atoms with Crippen molar-refractivity contribution < 1.29 is 9.26 Å². The Labute approximate surface area is 160 Å². The van der Waals surface area contributed by atoms with Gasteiger partial charge in [-0.15, -0.1) is 0 Å². The summed E-state index contributed by atoms with van der Waals surface area (Å²) in [6.45, 7) is 5.76. The number of benzene rings is 1. The minimum absolute atomic E-state index is 0.544. The lowest BCUT2D eigenvalue weighted by Gasteiger charge is -2.31. The van der Waals surface area contributed by atoms with E-state index >= 15 is 0 Å². The Hall–Kier alpha value is -2.66. The highest BCUT2D eigenvalue weighted by Gasteiger charge is 2.22. The summed E-state index contributed by atoms with van der Waals surface area (Å²) in [5.74, 6) is 2.40. The molecule has 1 saturated heterocycles. The fourth-order valence-electron chi connectivity index (χ4n) is 3.55. The molecule has 0 saturated carbocycles. The number of nitrogens with zero attached hydrogens (tertiary/aromatic N) is 3. The maximum atomic E-state index is 5.99. The number of rotatable bonds is 6. The Morgan fingerprint density at radius 1 is 1.15 bits per heavy atom. The van der Waals surface area contributed by atoms with Gasteiger partial charge in [0.1, 0.15) is 11.4 Å². The van der Waals surface area contributed by atoms with Crippen LogP contribution in [0.3, 0.4) is 0 Å². The molecule has 1 atom stereocenters. The van der Waals surface area contributed by atoms with Crippen LogP contribution in [0.4, 0.5) is 0 Å². The van der Waals surface area contributed by atoms with Gasteiger partial charge in [-0.3, -0.25) is 9.88 Å². The van der Waals surface area contributed by atoms with Crippen LogP contribution in [-0.2, 0) is 6.54 Å². The molecule has 2 aromatic heterocycles. The van der Waals surface area contributed by atoms with Crippen molar-refractivity contribution in [3.63, 3.8) is 0 Å². The van der Waals surface area contributed by atoms with E-state index in [0.717, 1.165) is 49.0 Å². The molecule has 3 aromatic rings. The predicted octanol–water partition coefficient (Wildman–Crippen LogP) is 4.34. The zero-order valence-electron chi connectivity index (χ0n) is 15.7. The van der Waals surface area contributed by atoms with E-state index in [-0.39, 0.29) is 0 Å². The minimum atomic E-state index is 0.544. The van der Waals surface area contributed by atoms with Gasteiger partial charge in [-0.25, -0.2) is 0 Å². The van der Waals surface area contributed by atoms with Crippen molar-refractivity contribution in [3.05, 3.63) is 66.2 Å². The second-order valence-electron chi connectivity index (χ2n) is 7.28. The summed E-state index contributed by atoms with van der Waals surface area (Å²) in [7, 11) is 0. The van der Waals surface area contributed by atoms with Crippen LogP contribution in [0.25, 0.3) is 11.3 Å². The first kappa shape index (κ1) is 17.7. The van der Waals surface area contributed by atoms with E-state index in [9.17, 15) is 0 Å². The molecule has 1 aliphatic heterocycles. The fourth-order valence-corrected chi connectivity index (χ4v) is 3.55. The highest BCUT2D eigenvalue weighted by atomic mass is 16.5. The maximum absolute atomic E-state index is 5.99. The van der Waals surface area contributed by atoms with Crippen LogP contribution in [0.15, 0.2) is 59.4 Å². The Morgan fingerprint density at radius 2 is 1.96 bits per heavy atom. The number of pyridine rings is 1. The van der Waals surface area contributed by atoms with Gasteiger partial charge >= 0.3 is 0 Å². The summed E-state index contributed by atoms with van der Waals surface area (Å²) >= 11 is 0. The molecule has 4 rings (SSSR count). The summed E-state index contributed by atoms with van der Waals surface area (Å²) in [5.41, 5.74) is 3.15. The SMILES string of the molecule is Cc1ccc(OC[C@H]2CCCN(Cc3cc(-c4ccncc4)no3)C2)cc1. The number of likely N-dealkylation sites (tertiary alicyclic amines) is 1. The molecule has 3 heterocycles. The highest BCUT2D eigenvalue weighted by molar-refractivity contribution is 5.57. The molecular weight excluding hydrogens is 338 g/mol. The molecule has 1 aliphatic rings. The molecular formula is C22H25N3O2. The van der Waals surface area contributed by atoms with Gasteiger partial charge in [-0.1, -0.05) is 22.9 Å². The van der Waals surface area contributed by atoms with Crippen LogP contribution in [0.2, 0.25) is 0 Å². The van der Waals surface area contributed by atoms with Crippen molar-refractivity contribution >= 4 is 0 Å². The van der Waals surface area contributed by atoms with E-state index in [1.165, 1.54) is 18.4 Å². The molecule has 0 spiro atoms. The number of aryl methyl sites for hydroxylation is 1. The molecule has 0 aliphatic carbocycles. The Kier molecular flexibility index (Phi) is 5.49. The van der Waals surface area contributed by atoms with Crippen LogP contribution in [0.1, 0.15) is 24.2 Å². The maximum Gasteiger partial charge on any atom is 0.151 e. The second-order valence-corrected chi connectivity index (χ2v) is 7.28. The zero-order chi connectivity index (χ0) is 18.5. The molecule has 0 amide bonds. The third kappa shape index (κ3) is 4.74. The lowest BCUT2D eigenvalue weighted by molar-refractivity contribution is 0.117.